The molecule has 0 aromatic rings. The molecule has 0 heterocycles. The van der Waals surface area contributed by atoms with Gasteiger partial charge >= 0.3 is 5.97 Å². The molecule has 0 rings (SSSR count). The number of hydrogen-bond acceptors (Lipinski definition) is 1. The molecule has 14 heavy (non-hydrogen) atoms. The Balaban J connectivity index is 4.09. The SMILES string of the molecule is CCCC=C(C=CCCCC)C(=O)O. The molecular weight excluding hydrogens is 176 g/mol. The fourth-order valence-corrected chi connectivity index (χ4v) is 1.06. The van der Waals surface area contributed by atoms with Gasteiger partial charge in [-0.3, -0.25) is 0 Å². The van der Waals surface area contributed by atoms with Crippen LogP contribution < -0.4 is 0 Å². The molecule has 0 saturated carbocycles. The van der Waals surface area contributed by atoms with Crippen LogP contribution in [0.15, 0.2) is 23.8 Å². The van der Waals surface area contributed by atoms with Crippen LogP contribution in [0, 0.1) is 0 Å². The van der Waals surface area contributed by atoms with E-state index < -0.39 is 5.97 Å². The molecule has 0 aliphatic heterocycles. The normalized spacial score (nSPS) is 12.3. The highest BCUT2D eigenvalue weighted by Gasteiger charge is 2.00. The molecule has 0 atom stereocenters. The van der Waals surface area contributed by atoms with E-state index in [0.717, 1.165) is 32.1 Å². The molecule has 0 spiro atoms. The maximum Gasteiger partial charge on any atom is 0.335 e. The Morgan fingerprint density at radius 2 is 1.93 bits per heavy atom. The third-order valence-corrected chi connectivity index (χ3v) is 1.92. The minimum atomic E-state index is -0.828. The van der Waals surface area contributed by atoms with Gasteiger partial charge in [0.05, 0.1) is 5.57 Å². The zero-order valence-electron chi connectivity index (χ0n) is 9.12. The lowest BCUT2D eigenvalue weighted by Gasteiger charge is -1.94. The van der Waals surface area contributed by atoms with Crippen LogP contribution in [0.5, 0.6) is 0 Å². The fraction of sp³-hybridized carbons (Fsp3) is 0.583. The number of carboxylic acids is 1. The lowest BCUT2D eigenvalue weighted by molar-refractivity contribution is -0.132. The van der Waals surface area contributed by atoms with E-state index >= 15 is 0 Å². The number of carbonyl (C=O) groups is 1. The summed E-state index contributed by atoms with van der Waals surface area (Å²) >= 11 is 0. The molecule has 0 bridgehead atoms. The average Bonchev–Trinajstić information content (AvgIpc) is 2.16. The van der Waals surface area contributed by atoms with E-state index in [1.165, 1.54) is 0 Å². The van der Waals surface area contributed by atoms with E-state index in [9.17, 15) is 4.79 Å². The van der Waals surface area contributed by atoms with Crippen molar-refractivity contribution in [3.63, 3.8) is 0 Å². The Morgan fingerprint density at radius 1 is 1.21 bits per heavy atom. The largest absolute Gasteiger partial charge is 0.478 e. The second kappa shape index (κ2) is 8.54. The molecule has 0 radical (unpaired) electrons. The first-order valence-electron chi connectivity index (χ1n) is 5.32. The van der Waals surface area contributed by atoms with Crippen LogP contribution in [0.4, 0.5) is 0 Å². The van der Waals surface area contributed by atoms with Crippen LogP contribution in [-0.4, -0.2) is 11.1 Å². The Hall–Kier alpha value is -1.05. The zero-order chi connectivity index (χ0) is 10.8. The Labute approximate surface area is 86.3 Å². The second-order valence-corrected chi connectivity index (χ2v) is 3.30. The molecule has 1 N–H and O–H groups in total. The molecule has 2 heteroatoms. The first-order valence-corrected chi connectivity index (χ1v) is 5.32. The first kappa shape index (κ1) is 12.9. The van der Waals surface area contributed by atoms with Crippen LogP contribution in [0.25, 0.3) is 0 Å². The van der Waals surface area contributed by atoms with Gasteiger partial charge in [-0.1, -0.05) is 51.3 Å². The first-order chi connectivity index (χ1) is 6.72. The zero-order valence-corrected chi connectivity index (χ0v) is 9.12. The number of rotatable bonds is 7. The van der Waals surface area contributed by atoms with Crippen molar-refractivity contribution in [2.75, 3.05) is 0 Å². The predicted octanol–water partition coefficient (Wildman–Crippen LogP) is 3.54. The molecule has 80 valence electrons. The maximum atomic E-state index is 10.7. The van der Waals surface area contributed by atoms with Crippen molar-refractivity contribution in [1.29, 1.82) is 0 Å². The van der Waals surface area contributed by atoms with Crippen molar-refractivity contribution in [2.24, 2.45) is 0 Å². The van der Waals surface area contributed by atoms with Gasteiger partial charge in [-0.15, -0.1) is 0 Å². The van der Waals surface area contributed by atoms with Gasteiger partial charge in [0.2, 0.25) is 0 Å². The van der Waals surface area contributed by atoms with Crippen LogP contribution in [0.3, 0.4) is 0 Å². The Bertz CT molecular complexity index is 214. The van der Waals surface area contributed by atoms with E-state index in [1.54, 1.807) is 12.2 Å². The van der Waals surface area contributed by atoms with Gasteiger partial charge < -0.3 is 5.11 Å². The van der Waals surface area contributed by atoms with E-state index in [4.69, 9.17) is 5.11 Å². The molecular formula is C12H20O2. The van der Waals surface area contributed by atoms with Crippen molar-refractivity contribution < 1.29 is 9.90 Å². The molecule has 0 aliphatic rings. The van der Waals surface area contributed by atoms with Gasteiger partial charge in [0.15, 0.2) is 0 Å². The third-order valence-electron chi connectivity index (χ3n) is 1.92. The number of unbranched alkanes of at least 4 members (excludes halogenated alkanes) is 3. The van der Waals surface area contributed by atoms with Gasteiger partial charge in [-0.25, -0.2) is 4.79 Å². The lowest BCUT2D eigenvalue weighted by Crippen LogP contribution is -1.97. The van der Waals surface area contributed by atoms with E-state index in [-0.39, 0.29) is 0 Å². The molecule has 0 aliphatic carbocycles. The van der Waals surface area contributed by atoms with Crippen molar-refractivity contribution >= 4 is 5.97 Å². The quantitative estimate of drug-likeness (QED) is 0.384. The van der Waals surface area contributed by atoms with Crippen LogP contribution in [0.1, 0.15) is 46.0 Å². The second-order valence-electron chi connectivity index (χ2n) is 3.30. The van der Waals surface area contributed by atoms with Gasteiger partial charge in [0, 0.05) is 0 Å². The Kier molecular flexibility index (Phi) is 7.90. The topological polar surface area (TPSA) is 37.3 Å². The van der Waals surface area contributed by atoms with E-state index in [2.05, 4.69) is 6.92 Å². The standard InChI is InChI=1S/C12H20O2/c1-3-5-7-8-10-11(12(13)14)9-6-4-2/h8-10H,3-7H2,1-2H3,(H,13,14). The Morgan fingerprint density at radius 3 is 2.43 bits per heavy atom. The predicted molar refractivity (Wildman–Crippen MR) is 59.3 cm³/mol. The molecule has 0 aromatic heterocycles. The lowest BCUT2D eigenvalue weighted by atomic mass is 10.1. The summed E-state index contributed by atoms with van der Waals surface area (Å²) in [6.07, 6.45) is 10.5. The fourth-order valence-electron chi connectivity index (χ4n) is 1.06. The van der Waals surface area contributed by atoms with Crippen LogP contribution in [-0.2, 0) is 4.79 Å². The molecule has 0 saturated heterocycles. The highest BCUT2D eigenvalue weighted by molar-refractivity contribution is 5.89. The summed E-state index contributed by atoms with van der Waals surface area (Å²) in [6, 6.07) is 0. The minimum Gasteiger partial charge on any atom is -0.478 e. The highest BCUT2D eigenvalue weighted by atomic mass is 16.4. The average molecular weight is 196 g/mol. The summed E-state index contributed by atoms with van der Waals surface area (Å²) in [5.74, 6) is -0.828. The summed E-state index contributed by atoms with van der Waals surface area (Å²) in [7, 11) is 0. The van der Waals surface area contributed by atoms with Crippen molar-refractivity contribution in [3.8, 4) is 0 Å². The van der Waals surface area contributed by atoms with Crippen molar-refractivity contribution in [3.05, 3.63) is 23.8 Å². The van der Waals surface area contributed by atoms with Gasteiger partial charge in [0.25, 0.3) is 0 Å². The van der Waals surface area contributed by atoms with E-state index in [1.807, 2.05) is 13.0 Å². The highest BCUT2D eigenvalue weighted by Crippen LogP contribution is 2.04. The maximum absolute atomic E-state index is 10.7. The summed E-state index contributed by atoms with van der Waals surface area (Å²) < 4.78 is 0. The van der Waals surface area contributed by atoms with Gasteiger partial charge in [-0.2, -0.15) is 0 Å². The number of aliphatic carboxylic acids is 1. The molecule has 2 nitrogen and oxygen atoms in total. The van der Waals surface area contributed by atoms with Crippen molar-refractivity contribution in [1.82, 2.24) is 0 Å². The summed E-state index contributed by atoms with van der Waals surface area (Å²) in [6.45, 7) is 4.16. The number of carboxylic acid groups (broad SMARTS) is 1. The molecule has 0 aromatic carbocycles. The molecule has 0 amide bonds. The smallest absolute Gasteiger partial charge is 0.335 e. The monoisotopic (exact) mass is 196 g/mol. The molecule has 0 unspecified atom stereocenters. The number of hydrogen-bond donors (Lipinski definition) is 1. The van der Waals surface area contributed by atoms with E-state index in [0.29, 0.717) is 5.57 Å². The van der Waals surface area contributed by atoms with Crippen LogP contribution >= 0.6 is 0 Å². The molecule has 0 fully saturated rings. The van der Waals surface area contributed by atoms with Gasteiger partial charge in [0.1, 0.15) is 0 Å². The van der Waals surface area contributed by atoms with Crippen molar-refractivity contribution in [2.45, 2.75) is 46.0 Å². The summed E-state index contributed by atoms with van der Waals surface area (Å²) in [4.78, 5) is 10.7. The summed E-state index contributed by atoms with van der Waals surface area (Å²) in [5.41, 5.74) is 0.419. The van der Waals surface area contributed by atoms with Gasteiger partial charge in [-0.05, 0) is 12.8 Å². The van der Waals surface area contributed by atoms with Crippen LogP contribution in [0.2, 0.25) is 0 Å². The summed E-state index contributed by atoms with van der Waals surface area (Å²) in [5, 5.41) is 8.84. The third kappa shape index (κ3) is 6.46. The minimum absolute atomic E-state index is 0.419. The number of allylic oxidation sites excluding steroid dienone is 2.